The first-order chi connectivity index (χ1) is 7.24. The molecule has 0 aliphatic rings. The summed E-state index contributed by atoms with van der Waals surface area (Å²) in [5.41, 5.74) is 6.49. The van der Waals surface area contributed by atoms with Crippen molar-refractivity contribution in [3.05, 3.63) is 40.1 Å². The average molecular weight is 312 g/mol. The van der Waals surface area contributed by atoms with Gasteiger partial charge in [0.1, 0.15) is 5.82 Å². The smallest absolute Gasteiger partial charge is 0.229 e. The second-order valence-electron chi connectivity index (χ2n) is 2.94. The minimum atomic E-state index is 0.456. The number of nitrogens with one attached hydrogen (secondary N) is 1. The molecular formula is C10H9IN4. The number of anilines is 3. The Morgan fingerprint density at radius 1 is 1.13 bits per heavy atom. The molecule has 2 rings (SSSR count). The van der Waals surface area contributed by atoms with E-state index in [1.165, 1.54) is 3.57 Å². The van der Waals surface area contributed by atoms with E-state index in [-0.39, 0.29) is 0 Å². The average Bonchev–Trinajstić information content (AvgIpc) is 2.22. The Kier molecular flexibility index (Phi) is 3.00. The van der Waals surface area contributed by atoms with Crippen molar-refractivity contribution in [2.24, 2.45) is 0 Å². The molecule has 0 spiro atoms. The summed E-state index contributed by atoms with van der Waals surface area (Å²) in [7, 11) is 0. The van der Waals surface area contributed by atoms with E-state index < -0.39 is 0 Å². The molecule has 4 nitrogen and oxygen atoms in total. The molecule has 0 atom stereocenters. The predicted molar refractivity (Wildman–Crippen MR) is 68.9 cm³/mol. The highest BCUT2D eigenvalue weighted by Crippen LogP contribution is 2.14. The van der Waals surface area contributed by atoms with Crippen molar-refractivity contribution in [3.8, 4) is 0 Å². The van der Waals surface area contributed by atoms with Crippen LogP contribution in [0.2, 0.25) is 0 Å². The molecule has 0 saturated carbocycles. The van der Waals surface area contributed by atoms with E-state index in [1.54, 1.807) is 12.3 Å². The maximum absolute atomic E-state index is 5.54. The molecule has 0 aliphatic carbocycles. The first-order valence-electron chi connectivity index (χ1n) is 4.35. The third-order valence-electron chi connectivity index (χ3n) is 1.78. The Balaban J connectivity index is 2.18. The molecule has 3 N–H and O–H groups in total. The van der Waals surface area contributed by atoms with Gasteiger partial charge in [-0.3, -0.25) is 0 Å². The molecule has 0 saturated heterocycles. The quantitative estimate of drug-likeness (QED) is 0.836. The zero-order valence-corrected chi connectivity index (χ0v) is 9.97. The van der Waals surface area contributed by atoms with E-state index in [9.17, 15) is 0 Å². The summed E-state index contributed by atoms with van der Waals surface area (Å²) in [4.78, 5) is 8.10. The molecule has 15 heavy (non-hydrogen) atoms. The Bertz CT molecular complexity index is 455. The molecule has 0 fully saturated rings. The molecule has 5 heteroatoms. The fourth-order valence-electron chi connectivity index (χ4n) is 1.10. The summed E-state index contributed by atoms with van der Waals surface area (Å²) in [6, 6.07) is 9.60. The van der Waals surface area contributed by atoms with Crippen molar-refractivity contribution >= 4 is 40.0 Å². The molecule has 0 amide bonds. The van der Waals surface area contributed by atoms with Crippen LogP contribution >= 0.6 is 22.6 Å². The van der Waals surface area contributed by atoms with Crippen LogP contribution in [-0.4, -0.2) is 9.97 Å². The van der Waals surface area contributed by atoms with Crippen LogP contribution in [0.25, 0.3) is 0 Å². The van der Waals surface area contributed by atoms with Crippen LogP contribution in [0.3, 0.4) is 0 Å². The lowest BCUT2D eigenvalue weighted by atomic mass is 10.3. The first-order valence-corrected chi connectivity index (χ1v) is 5.43. The van der Waals surface area contributed by atoms with Gasteiger partial charge < -0.3 is 11.1 Å². The van der Waals surface area contributed by atoms with Crippen molar-refractivity contribution in [3.63, 3.8) is 0 Å². The third-order valence-corrected chi connectivity index (χ3v) is 2.50. The number of nitrogens with zero attached hydrogens (tertiary/aromatic N) is 2. The highest BCUT2D eigenvalue weighted by atomic mass is 127. The fourth-order valence-corrected chi connectivity index (χ4v) is 1.45. The van der Waals surface area contributed by atoms with Crippen molar-refractivity contribution in [2.75, 3.05) is 11.1 Å². The number of hydrogen-bond acceptors (Lipinski definition) is 4. The van der Waals surface area contributed by atoms with Gasteiger partial charge >= 0.3 is 0 Å². The van der Waals surface area contributed by atoms with Crippen LogP contribution in [0.5, 0.6) is 0 Å². The SMILES string of the molecule is Nc1ccnc(Nc2ccc(I)cc2)n1. The molecule has 0 bridgehead atoms. The van der Waals surface area contributed by atoms with E-state index in [0.29, 0.717) is 11.8 Å². The summed E-state index contributed by atoms with van der Waals surface area (Å²) in [6.07, 6.45) is 1.62. The van der Waals surface area contributed by atoms with Gasteiger partial charge in [0.15, 0.2) is 0 Å². The molecule has 1 aromatic carbocycles. The number of nitrogen functional groups attached to an aromatic ring is 1. The van der Waals surface area contributed by atoms with Gasteiger partial charge in [0, 0.05) is 15.5 Å². The number of halogens is 1. The lowest BCUT2D eigenvalue weighted by molar-refractivity contribution is 1.17. The summed E-state index contributed by atoms with van der Waals surface area (Å²) >= 11 is 2.25. The van der Waals surface area contributed by atoms with Crippen LogP contribution in [0.15, 0.2) is 36.5 Å². The minimum Gasteiger partial charge on any atom is -0.384 e. The van der Waals surface area contributed by atoms with Gasteiger partial charge in [-0.1, -0.05) is 0 Å². The summed E-state index contributed by atoms with van der Waals surface area (Å²) in [6.45, 7) is 0. The van der Waals surface area contributed by atoms with E-state index in [2.05, 4.69) is 37.9 Å². The van der Waals surface area contributed by atoms with Crippen LogP contribution in [0, 0.1) is 3.57 Å². The monoisotopic (exact) mass is 312 g/mol. The zero-order valence-electron chi connectivity index (χ0n) is 7.81. The predicted octanol–water partition coefficient (Wildman–Crippen LogP) is 2.41. The Labute approximate surface area is 101 Å². The Hall–Kier alpha value is -1.37. The third kappa shape index (κ3) is 2.79. The molecule has 1 heterocycles. The maximum Gasteiger partial charge on any atom is 0.229 e. The minimum absolute atomic E-state index is 0.456. The first kappa shape index (κ1) is 10.2. The lowest BCUT2D eigenvalue weighted by Gasteiger charge is -2.04. The molecule has 0 aliphatic heterocycles. The second kappa shape index (κ2) is 4.43. The standard InChI is InChI=1S/C10H9IN4/c11-7-1-3-8(4-2-7)14-10-13-6-5-9(12)15-10/h1-6H,(H3,12,13,14,15). The van der Waals surface area contributed by atoms with Gasteiger partial charge in [0.05, 0.1) is 0 Å². The van der Waals surface area contributed by atoms with Gasteiger partial charge in [-0.15, -0.1) is 0 Å². The number of aromatic nitrogens is 2. The van der Waals surface area contributed by atoms with Crippen molar-refractivity contribution in [1.29, 1.82) is 0 Å². The summed E-state index contributed by atoms with van der Waals surface area (Å²) in [5, 5.41) is 3.07. The number of rotatable bonds is 2. The van der Waals surface area contributed by atoms with Gasteiger partial charge in [-0.25, -0.2) is 4.98 Å². The molecule has 0 radical (unpaired) electrons. The van der Waals surface area contributed by atoms with Crippen molar-refractivity contribution in [1.82, 2.24) is 9.97 Å². The lowest BCUT2D eigenvalue weighted by Crippen LogP contribution is -1.99. The highest BCUT2D eigenvalue weighted by Gasteiger charge is 1.97. The largest absolute Gasteiger partial charge is 0.384 e. The van der Waals surface area contributed by atoms with E-state index in [1.807, 2.05) is 24.3 Å². The molecule has 2 aromatic rings. The van der Waals surface area contributed by atoms with Gasteiger partial charge in [0.25, 0.3) is 0 Å². The van der Waals surface area contributed by atoms with Crippen molar-refractivity contribution < 1.29 is 0 Å². The van der Waals surface area contributed by atoms with Crippen molar-refractivity contribution in [2.45, 2.75) is 0 Å². The zero-order chi connectivity index (χ0) is 10.7. The van der Waals surface area contributed by atoms with Gasteiger partial charge in [0.2, 0.25) is 5.95 Å². The summed E-state index contributed by atoms with van der Waals surface area (Å²) in [5.74, 6) is 0.967. The number of nitrogens with two attached hydrogens (primary N) is 1. The topological polar surface area (TPSA) is 63.8 Å². The molecule has 0 unspecified atom stereocenters. The molecule has 1 aromatic heterocycles. The highest BCUT2D eigenvalue weighted by molar-refractivity contribution is 14.1. The number of benzene rings is 1. The van der Waals surface area contributed by atoms with Crippen LogP contribution in [-0.2, 0) is 0 Å². The maximum atomic E-state index is 5.54. The second-order valence-corrected chi connectivity index (χ2v) is 4.18. The van der Waals surface area contributed by atoms with E-state index >= 15 is 0 Å². The summed E-state index contributed by atoms with van der Waals surface area (Å²) < 4.78 is 1.19. The number of hydrogen-bond donors (Lipinski definition) is 2. The van der Waals surface area contributed by atoms with Crippen LogP contribution in [0.4, 0.5) is 17.5 Å². The van der Waals surface area contributed by atoms with E-state index in [0.717, 1.165) is 5.69 Å². The van der Waals surface area contributed by atoms with Gasteiger partial charge in [-0.05, 0) is 52.9 Å². The van der Waals surface area contributed by atoms with E-state index in [4.69, 9.17) is 5.73 Å². The Morgan fingerprint density at radius 3 is 2.53 bits per heavy atom. The molecular weight excluding hydrogens is 303 g/mol. The fraction of sp³-hybridized carbons (Fsp3) is 0. The van der Waals surface area contributed by atoms with Crippen LogP contribution in [0.1, 0.15) is 0 Å². The molecule has 76 valence electrons. The van der Waals surface area contributed by atoms with Crippen LogP contribution < -0.4 is 11.1 Å². The van der Waals surface area contributed by atoms with Gasteiger partial charge in [-0.2, -0.15) is 4.98 Å². The normalized spacial score (nSPS) is 9.93. The Morgan fingerprint density at radius 2 is 1.87 bits per heavy atom.